The molecule has 0 aromatic heterocycles. The van der Waals surface area contributed by atoms with E-state index in [9.17, 15) is 14.4 Å². The molecule has 1 atom stereocenters. The highest BCUT2D eigenvalue weighted by molar-refractivity contribution is 5.99. The Bertz CT molecular complexity index is 701. The Hall–Kier alpha value is -2.37. The number of carbonyl (C=O) groups is 3. The van der Waals surface area contributed by atoms with Crippen molar-refractivity contribution in [3.05, 3.63) is 29.3 Å². The molecule has 1 fully saturated rings. The molecule has 2 N–H and O–H groups in total. The van der Waals surface area contributed by atoms with E-state index < -0.39 is 5.97 Å². The number of likely N-dealkylation sites (tertiary alicyclic amines) is 1. The van der Waals surface area contributed by atoms with E-state index in [-0.39, 0.29) is 24.2 Å². The lowest BCUT2D eigenvalue weighted by molar-refractivity contribution is -0.137. The smallest absolute Gasteiger partial charge is 0.321 e. The number of carboxylic acids is 1. The lowest BCUT2D eigenvalue weighted by Gasteiger charge is -2.32. The van der Waals surface area contributed by atoms with Crippen LogP contribution in [0.2, 0.25) is 0 Å². The van der Waals surface area contributed by atoms with E-state index in [2.05, 4.69) is 5.32 Å². The molecule has 0 radical (unpaired) electrons. The van der Waals surface area contributed by atoms with Crippen molar-refractivity contribution >= 4 is 23.5 Å². The number of nitrogens with one attached hydrogen (secondary N) is 1. The predicted octanol–water partition coefficient (Wildman–Crippen LogP) is 3.70. The number of fused-ring (bicyclic) bond motifs is 1. The molecule has 3 rings (SSSR count). The van der Waals surface area contributed by atoms with Gasteiger partial charge in [0.1, 0.15) is 0 Å². The molecule has 1 aliphatic carbocycles. The monoisotopic (exact) mass is 358 g/mol. The molecule has 1 unspecified atom stereocenters. The molecular weight excluding hydrogens is 332 g/mol. The Morgan fingerprint density at radius 2 is 2.00 bits per heavy atom. The van der Waals surface area contributed by atoms with E-state index in [1.54, 1.807) is 11.0 Å². The van der Waals surface area contributed by atoms with Crippen molar-refractivity contribution in [3.8, 4) is 0 Å². The second-order valence-corrected chi connectivity index (χ2v) is 7.32. The summed E-state index contributed by atoms with van der Waals surface area (Å²) in [6.07, 6.45) is 6.02. The first-order valence-corrected chi connectivity index (χ1v) is 9.47. The molecule has 0 bridgehead atoms. The Morgan fingerprint density at radius 3 is 2.81 bits per heavy atom. The van der Waals surface area contributed by atoms with Crippen molar-refractivity contribution in [1.29, 1.82) is 0 Å². The maximum atomic E-state index is 12.6. The first-order chi connectivity index (χ1) is 12.5. The van der Waals surface area contributed by atoms with Crippen LogP contribution in [0.1, 0.15) is 60.9 Å². The molecule has 1 aromatic rings. The van der Waals surface area contributed by atoms with Gasteiger partial charge in [-0.15, -0.1) is 0 Å². The van der Waals surface area contributed by atoms with Gasteiger partial charge in [-0.05, 0) is 62.1 Å². The van der Waals surface area contributed by atoms with E-state index in [0.29, 0.717) is 31.6 Å². The standard InChI is InChI=1S/C20H26N2O4/c23-18-6-2-1-5-15-8-9-16(12-17(15)18)21-20(26)22-11-3-4-14(13-22)7-10-19(24)25/h8-9,12,14H,1-7,10-11,13H2,(H,21,26)(H,24,25). The molecule has 26 heavy (non-hydrogen) atoms. The van der Waals surface area contributed by atoms with Crippen LogP contribution in [-0.4, -0.2) is 40.9 Å². The predicted molar refractivity (Wildman–Crippen MR) is 98.5 cm³/mol. The zero-order valence-corrected chi connectivity index (χ0v) is 15.0. The summed E-state index contributed by atoms with van der Waals surface area (Å²) in [6, 6.07) is 5.43. The number of Topliss-reactive ketones (excluding diaryl/α,β-unsaturated/α-hetero) is 1. The molecular formula is C20H26N2O4. The third-order valence-electron chi connectivity index (χ3n) is 5.33. The molecule has 6 nitrogen and oxygen atoms in total. The third kappa shape index (κ3) is 4.62. The molecule has 0 saturated carbocycles. The zero-order chi connectivity index (χ0) is 18.5. The summed E-state index contributed by atoms with van der Waals surface area (Å²) in [5.41, 5.74) is 2.45. The van der Waals surface area contributed by atoms with E-state index in [1.807, 2.05) is 12.1 Å². The molecule has 1 saturated heterocycles. The van der Waals surface area contributed by atoms with E-state index in [4.69, 9.17) is 5.11 Å². The molecule has 2 aliphatic rings. The van der Waals surface area contributed by atoms with Crippen molar-refractivity contribution in [2.24, 2.45) is 5.92 Å². The molecule has 1 aromatic carbocycles. The number of urea groups is 1. The van der Waals surface area contributed by atoms with Crippen molar-refractivity contribution in [2.45, 2.75) is 51.4 Å². The van der Waals surface area contributed by atoms with Crippen LogP contribution < -0.4 is 5.32 Å². The number of nitrogens with zero attached hydrogens (tertiary/aromatic N) is 1. The topological polar surface area (TPSA) is 86.7 Å². The second-order valence-electron chi connectivity index (χ2n) is 7.32. The quantitative estimate of drug-likeness (QED) is 0.804. The van der Waals surface area contributed by atoms with Gasteiger partial charge < -0.3 is 15.3 Å². The number of benzene rings is 1. The maximum Gasteiger partial charge on any atom is 0.321 e. The minimum absolute atomic E-state index is 0.146. The molecule has 1 heterocycles. The summed E-state index contributed by atoms with van der Waals surface area (Å²) in [5.74, 6) is -0.402. The number of hydrogen-bond donors (Lipinski definition) is 2. The van der Waals surface area contributed by atoms with E-state index >= 15 is 0 Å². The zero-order valence-electron chi connectivity index (χ0n) is 15.0. The molecule has 140 valence electrons. The van der Waals surface area contributed by atoms with Gasteiger partial charge in [0, 0.05) is 37.2 Å². The van der Waals surface area contributed by atoms with E-state index in [1.165, 1.54) is 0 Å². The number of carboxylic acid groups (broad SMARTS) is 1. The van der Waals surface area contributed by atoms with Gasteiger partial charge >= 0.3 is 12.0 Å². The summed E-state index contributed by atoms with van der Waals surface area (Å²) >= 11 is 0. The summed E-state index contributed by atoms with van der Waals surface area (Å²) in [5, 5.41) is 11.7. The first kappa shape index (κ1) is 18.4. The normalized spacial score (nSPS) is 20.2. The SMILES string of the molecule is O=C(O)CCC1CCCN(C(=O)Nc2ccc3c(c2)C(=O)CCCC3)C1. The van der Waals surface area contributed by atoms with Crippen molar-refractivity contribution < 1.29 is 19.5 Å². The number of piperidine rings is 1. The van der Waals surface area contributed by atoms with Gasteiger partial charge in [0.2, 0.25) is 0 Å². The fourth-order valence-electron chi connectivity index (χ4n) is 3.88. The van der Waals surface area contributed by atoms with Gasteiger partial charge in [-0.2, -0.15) is 0 Å². The average Bonchev–Trinajstić information content (AvgIpc) is 2.82. The van der Waals surface area contributed by atoms with Gasteiger partial charge in [-0.3, -0.25) is 9.59 Å². The number of ketones is 1. The molecule has 6 heteroatoms. The highest BCUT2D eigenvalue weighted by Crippen LogP contribution is 2.25. The Balaban J connectivity index is 1.62. The summed E-state index contributed by atoms with van der Waals surface area (Å²) < 4.78 is 0. The Morgan fingerprint density at radius 1 is 1.19 bits per heavy atom. The van der Waals surface area contributed by atoms with Crippen LogP contribution in [0.15, 0.2) is 18.2 Å². The van der Waals surface area contributed by atoms with Crippen LogP contribution in [0.5, 0.6) is 0 Å². The van der Waals surface area contributed by atoms with Crippen molar-refractivity contribution in [1.82, 2.24) is 4.90 Å². The average molecular weight is 358 g/mol. The van der Waals surface area contributed by atoms with Gasteiger partial charge in [-0.25, -0.2) is 4.79 Å². The third-order valence-corrected chi connectivity index (χ3v) is 5.33. The number of aryl methyl sites for hydroxylation is 1. The Kier molecular flexibility index (Phi) is 5.91. The highest BCUT2D eigenvalue weighted by atomic mass is 16.4. The largest absolute Gasteiger partial charge is 0.481 e. The molecule has 1 aliphatic heterocycles. The molecule has 2 amide bonds. The minimum atomic E-state index is -0.791. The fraction of sp³-hybridized carbons (Fsp3) is 0.550. The van der Waals surface area contributed by atoms with Gasteiger partial charge in [0.25, 0.3) is 0 Å². The number of hydrogen-bond acceptors (Lipinski definition) is 3. The fourth-order valence-corrected chi connectivity index (χ4v) is 3.88. The number of anilines is 1. The number of carbonyl (C=O) groups excluding carboxylic acids is 2. The number of rotatable bonds is 4. The summed E-state index contributed by atoms with van der Waals surface area (Å²) in [6.45, 7) is 1.27. The van der Waals surface area contributed by atoms with Crippen LogP contribution in [-0.2, 0) is 11.2 Å². The van der Waals surface area contributed by atoms with Crippen LogP contribution in [0, 0.1) is 5.92 Å². The van der Waals surface area contributed by atoms with Gasteiger partial charge in [-0.1, -0.05) is 6.07 Å². The van der Waals surface area contributed by atoms with Gasteiger partial charge in [0.15, 0.2) is 5.78 Å². The van der Waals surface area contributed by atoms with E-state index in [0.717, 1.165) is 43.2 Å². The lowest BCUT2D eigenvalue weighted by atomic mass is 9.93. The highest BCUT2D eigenvalue weighted by Gasteiger charge is 2.24. The first-order valence-electron chi connectivity index (χ1n) is 9.47. The number of aliphatic carboxylic acids is 1. The van der Waals surface area contributed by atoms with Crippen LogP contribution in [0.25, 0.3) is 0 Å². The number of amides is 2. The van der Waals surface area contributed by atoms with Gasteiger partial charge in [0.05, 0.1) is 0 Å². The molecule has 0 spiro atoms. The Labute approximate surface area is 153 Å². The maximum absolute atomic E-state index is 12.6. The van der Waals surface area contributed by atoms with Crippen LogP contribution in [0.4, 0.5) is 10.5 Å². The minimum Gasteiger partial charge on any atom is -0.481 e. The summed E-state index contributed by atoms with van der Waals surface area (Å²) in [4.78, 5) is 37.3. The van der Waals surface area contributed by atoms with Crippen LogP contribution in [0.3, 0.4) is 0 Å². The second kappa shape index (κ2) is 8.34. The van der Waals surface area contributed by atoms with Crippen LogP contribution >= 0.6 is 0 Å². The van der Waals surface area contributed by atoms with Crippen molar-refractivity contribution in [2.75, 3.05) is 18.4 Å². The summed E-state index contributed by atoms with van der Waals surface area (Å²) in [7, 11) is 0. The van der Waals surface area contributed by atoms with Crippen molar-refractivity contribution in [3.63, 3.8) is 0 Å². The lowest BCUT2D eigenvalue weighted by Crippen LogP contribution is -2.42.